The van der Waals surface area contributed by atoms with Crippen molar-refractivity contribution in [2.75, 3.05) is 0 Å². The molecule has 2 rings (SSSR count). The van der Waals surface area contributed by atoms with Crippen molar-refractivity contribution in [3.63, 3.8) is 0 Å². The molecule has 0 spiro atoms. The number of hydrogen-bond donors (Lipinski definition) is 3. The van der Waals surface area contributed by atoms with Crippen LogP contribution in [0.2, 0.25) is 0 Å². The summed E-state index contributed by atoms with van der Waals surface area (Å²) in [6, 6.07) is 5.33. The number of barbiturate groups is 1. The van der Waals surface area contributed by atoms with Crippen LogP contribution in [0.4, 0.5) is 4.79 Å². The summed E-state index contributed by atoms with van der Waals surface area (Å²) < 4.78 is 0. The number of imide groups is 2. The summed E-state index contributed by atoms with van der Waals surface area (Å²) in [5.74, 6) is -0.923. The van der Waals surface area contributed by atoms with Crippen LogP contribution in [0.3, 0.4) is 0 Å². The lowest BCUT2D eigenvalue weighted by Gasteiger charge is -2.09. The number of urea groups is 1. The van der Waals surface area contributed by atoms with Gasteiger partial charge in [0.05, 0.1) is 0 Å². The SMILES string of the molecule is O=C1CC(=O)NC(=O)N1.O=Cc1ccc(O)cc1. The van der Waals surface area contributed by atoms with Gasteiger partial charge in [0.15, 0.2) is 0 Å². The van der Waals surface area contributed by atoms with Gasteiger partial charge in [0, 0.05) is 5.56 Å². The number of carbonyl (C=O) groups is 4. The Morgan fingerprint density at radius 1 is 1.00 bits per heavy atom. The van der Waals surface area contributed by atoms with Crippen molar-refractivity contribution >= 4 is 24.1 Å². The number of nitrogens with one attached hydrogen (secondary N) is 2. The molecule has 0 aromatic heterocycles. The number of benzene rings is 1. The third-order valence-electron chi connectivity index (χ3n) is 1.86. The molecule has 1 fully saturated rings. The summed E-state index contributed by atoms with van der Waals surface area (Å²) in [6.07, 6.45) is 0.477. The molecule has 1 heterocycles. The first-order valence-corrected chi connectivity index (χ1v) is 4.89. The standard InChI is InChI=1S/C7H6O2.C4H4N2O3/c8-5-6-1-3-7(9)4-2-6;7-2-1-3(8)6-4(9)5-2/h1-5,9H;1H2,(H2,5,6,7,8,9). The maximum absolute atomic E-state index is 10.3. The highest BCUT2D eigenvalue weighted by Gasteiger charge is 2.20. The molecule has 1 aromatic carbocycles. The smallest absolute Gasteiger partial charge is 0.328 e. The van der Waals surface area contributed by atoms with E-state index in [4.69, 9.17) is 5.11 Å². The summed E-state index contributed by atoms with van der Waals surface area (Å²) in [5, 5.41) is 12.5. The van der Waals surface area contributed by atoms with E-state index in [1.807, 2.05) is 10.6 Å². The maximum Gasteiger partial charge on any atom is 0.328 e. The van der Waals surface area contributed by atoms with E-state index in [-0.39, 0.29) is 12.2 Å². The second-order valence-electron chi connectivity index (χ2n) is 3.31. The number of phenols is 1. The van der Waals surface area contributed by atoms with Gasteiger partial charge in [0.1, 0.15) is 18.5 Å². The topological polar surface area (TPSA) is 113 Å². The Kier molecular flexibility index (Phi) is 4.56. The van der Waals surface area contributed by atoms with Gasteiger partial charge in [-0.3, -0.25) is 25.0 Å². The largest absolute Gasteiger partial charge is 0.508 e. The average molecular weight is 250 g/mol. The fraction of sp³-hybridized carbons (Fsp3) is 0.0909. The van der Waals surface area contributed by atoms with E-state index in [2.05, 4.69) is 0 Å². The van der Waals surface area contributed by atoms with Crippen LogP contribution >= 0.6 is 0 Å². The Labute approximate surface area is 102 Å². The number of phenolic OH excluding ortho intramolecular Hbond substituents is 1. The lowest BCUT2D eigenvalue weighted by molar-refractivity contribution is -0.129. The maximum atomic E-state index is 10.3. The van der Waals surface area contributed by atoms with E-state index in [9.17, 15) is 19.2 Å². The number of amides is 4. The molecule has 1 aliphatic rings. The molecule has 4 amide bonds. The lowest BCUT2D eigenvalue weighted by Crippen LogP contribution is -2.49. The first kappa shape index (κ1) is 13.4. The van der Waals surface area contributed by atoms with Gasteiger partial charge in [-0.15, -0.1) is 0 Å². The Hall–Kier alpha value is -2.70. The third-order valence-corrected chi connectivity index (χ3v) is 1.86. The molecule has 7 nitrogen and oxygen atoms in total. The molecule has 94 valence electrons. The second kappa shape index (κ2) is 6.14. The molecule has 18 heavy (non-hydrogen) atoms. The molecule has 0 radical (unpaired) electrons. The fourth-order valence-corrected chi connectivity index (χ4v) is 1.07. The van der Waals surface area contributed by atoms with E-state index < -0.39 is 17.8 Å². The van der Waals surface area contributed by atoms with Crippen molar-refractivity contribution < 1.29 is 24.3 Å². The van der Waals surface area contributed by atoms with Gasteiger partial charge in [-0.05, 0) is 24.3 Å². The zero-order valence-electron chi connectivity index (χ0n) is 9.17. The lowest BCUT2D eigenvalue weighted by atomic mass is 10.2. The van der Waals surface area contributed by atoms with Gasteiger partial charge < -0.3 is 5.11 Å². The van der Waals surface area contributed by atoms with Crippen LogP contribution in [0.1, 0.15) is 16.8 Å². The summed E-state index contributed by atoms with van der Waals surface area (Å²) in [5.41, 5.74) is 0.577. The number of aldehydes is 1. The highest BCUT2D eigenvalue weighted by atomic mass is 16.3. The Morgan fingerprint density at radius 3 is 1.89 bits per heavy atom. The zero-order valence-corrected chi connectivity index (χ0v) is 9.17. The molecule has 7 heteroatoms. The van der Waals surface area contributed by atoms with E-state index in [0.29, 0.717) is 5.56 Å². The van der Waals surface area contributed by atoms with E-state index in [1.165, 1.54) is 12.1 Å². The normalized spacial score (nSPS) is 13.9. The highest BCUT2D eigenvalue weighted by molar-refractivity contribution is 6.14. The molecule has 1 aromatic rings. The second-order valence-corrected chi connectivity index (χ2v) is 3.31. The number of carbonyl (C=O) groups excluding carboxylic acids is 4. The number of aromatic hydroxyl groups is 1. The molecule has 3 N–H and O–H groups in total. The van der Waals surface area contributed by atoms with Crippen molar-refractivity contribution in [1.29, 1.82) is 0 Å². The Bertz CT molecular complexity index is 435. The molecular weight excluding hydrogens is 240 g/mol. The first-order chi connectivity index (χ1) is 8.51. The van der Waals surface area contributed by atoms with Gasteiger partial charge >= 0.3 is 6.03 Å². The van der Waals surface area contributed by atoms with Crippen molar-refractivity contribution in [2.45, 2.75) is 6.42 Å². The molecule has 0 unspecified atom stereocenters. The van der Waals surface area contributed by atoms with Crippen molar-refractivity contribution in [1.82, 2.24) is 10.6 Å². The highest BCUT2D eigenvalue weighted by Crippen LogP contribution is 2.07. The van der Waals surface area contributed by atoms with E-state index >= 15 is 0 Å². The Balaban J connectivity index is 0.000000180. The van der Waals surface area contributed by atoms with E-state index in [0.717, 1.165) is 6.29 Å². The predicted octanol–water partition coefficient (Wildman–Crippen LogP) is -0.0528. The van der Waals surface area contributed by atoms with Gasteiger partial charge in [-0.2, -0.15) is 0 Å². The fourth-order valence-electron chi connectivity index (χ4n) is 1.07. The van der Waals surface area contributed by atoms with Crippen LogP contribution in [0, 0.1) is 0 Å². The van der Waals surface area contributed by atoms with Crippen molar-refractivity contribution in [2.24, 2.45) is 0 Å². The number of hydrogen-bond acceptors (Lipinski definition) is 5. The molecule has 1 aliphatic heterocycles. The van der Waals surface area contributed by atoms with Crippen LogP contribution in [0.15, 0.2) is 24.3 Å². The van der Waals surface area contributed by atoms with Gasteiger partial charge in [-0.1, -0.05) is 0 Å². The average Bonchev–Trinajstić information content (AvgIpc) is 2.29. The summed E-state index contributed by atoms with van der Waals surface area (Å²) >= 11 is 0. The number of rotatable bonds is 1. The third kappa shape index (κ3) is 4.44. The van der Waals surface area contributed by atoms with Crippen LogP contribution in [-0.2, 0) is 9.59 Å². The summed E-state index contributed by atoms with van der Waals surface area (Å²) in [4.78, 5) is 40.8. The van der Waals surface area contributed by atoms with Gasteiger partial charge in [-0.25, -0.2) is 4.79 Å². The quantitative estimate of drug-likeness (QED) is 0.477. The summed E-state index contributed by atoms with van der Waals surface area (Å²) in [6.45, 7) is 0. The van der Waals surface area contributed by atoms with Crippen LogP contribution < -0.4 is 10.6 Å². The van der Waals surface area contributed by atoms with E-state index in [1.54, 1.807) is 12.1 Å². The molecule has 0 atom stereocenters. The molecule has 0 saturated carbocycles. The minimum atomic E-state index is -0.740. The summed E-state index contributed by atoms with van der Waals surface area (Å²) in [7, 11) is 0. The van der Waals surface area contributed by atoms with Gasteiger partial charge in [0.2, 0.25) is 11.8 Å². The van der Waals surface area contributed by atoms with Crippen LogP contribution in [0.25, 0.3) is 0 Å². The van der Waals surface area contributed by atoms with Crippen LogP contribution in [0.5, 0.6) is 5.75 Å². The molecular formula is C11H10N2O5. The van der Waals surface area contributed by atoms with Crippen molar-refractivity contribution in [3.05, 3.63) is 29.8 Å². The van der Waals surface area contributed by atoms with Crippen molar-refractivity contribution in [3.8, 4) is 5.75 Å². The zero-order chi connectivity index (χ0) is 13.5. The minimum Gasteiger partial charge on any atom is -0.508 e. The minimum absolute atomic E-state index is 0.181. The monoisotopic (exact) mass is 250 g/mol. The van der Waals surface area contributed by atoms with Crippen LogP contribution in [-0.4, -0.2) is 29.2 Å². The predicted molar refractivity (Wildman–Crippen MR) is 59.8 cm³/mol. The van der Waals surface area contributed by atoms with Gasteiger partial charge in [0.25, 0.3) is 0 Å². The molecule has 0 bridgehead atoms. The molecule has 0 aliphatic carbocycles. The Morgan fingerprint density at radius 2 is 1.50 bits per heavy atom. The molecule has 1 saturated heterocycles. The first-order valence-electron chi connectivity index (χ1n) is 4.89.